The van der Waals surface area contributed by atoms with Gasteiger partial charge in [-0.15, -0.1) is 0 Å². The van der Waals surface area contributed by atoms with E-state index in [4.69, 9.17) is 11.6 Å². The van der Waals surface area contributed by atoms with E-state index in [1.807, 2.05) is 30.9 Å². The van der Waals surface area contributed by atoms with E-state index in [0.29, 0.717) is 30.1 Å². The average Bonchev–Trinajstić information content (AvgIpc) is 2.87. The number of halogens is 1. The average molecular weight is 385 g/mol. The van der Waals surface area contributed by atoms with Gasteiger partial charge < -0.3 is 10.2 Å². The summed E-state index contributed by atoms with van der Waals surface area (Å²) in [5, 5.41) is 4.02. The maximum absolute atomic E-state index is 12.9. The Hall–Kier alpha value is -2.60. The van der Waals surface area contributed by atoms with E-state index < -0.39 is 0 Å². The molecule has 0 aliphatic carbocycles. The zero-order chi connectivity index (χ0) is 19.1. The van der Waals surface area contributed by atoms with Gasteiger partial charge in [-0.3, -0.25) is 19.5 Å². The number of hydrogen-bond acceptors (Lipinski definition) is 4. The van der Waals surface area contributed by atoms with Crippen molar-refractivity contribution in [3.63, 3.8) is 0 Å². The van der Waals surface area contributed by atoms with Gasteiger partial charge in [-0.25, -0.2) is 0 Å². The summed E-state index contributed by atoms with van der Waals surface area (Å²) in [6.07, 6.45) is 3.97. The number of carbonyl (C=O) groups is 2. The van der Waals surface area contributed by atoms with Crippen molar-refractivity contribution < 1.29 is 9.59 Å². The summed E-state index contributed by atoms with van der Waals surface area (Å²) >= 11 is 6.10. The Morgan fingerprint density at radius 3 is 2.81 bits per heavy atom. The highest BCUT2D eigenvalue weighted by Crippen LogP contribution is 2.38. The van der Waals surface area contributed by atoms with Gasteiger partial charge in [0.25, 0.3) is 5.91 Å². The molecule has 3 heterocycles. The summed E-state index contributed by atoms with van der Waals surface area (Å²) in [4.78, 5) is 32.4. The van der Waals surface area contributed by atoms with Gasteiger partial charge in [0.15, 0.2) is 0 Å². The third-order valence-corrected chi connectivity index (χ3v) is 5.44. The number of amides is 2. The fraction of sp³-hybridized carbons (Fsp3) is 0.350. The predicted octanol–water partition coefficient (Wildman–Crippen LogP) is 3.49. The summed E-state index contributed by atoms with van der Waals surface area (Å²) in [7, 11) is 0. The number of fused-ring (bicyclic) bond motifs is 1. The lowest BCUT2D eigenvalue weighted by molar-refractivity contribution is -0.134. The summed E-state index contributed by atoms with van der Waals surface area (Å²) in [6, 6.07) is 7.40. The number of anilines is 2. The molecular weight excluding hydrogens is 364 g/mol. The minimum absolute atomic E-state index is 0.0449. The first-order chi connectivity index (χ1) is 13.0. The van der Waals surface area contributed by atoms with E-state index in [2.05, 4.69) is 10.3 Å². The lowest BCUT2D eigenvalue weighted by Gasteiger charge is -2.40. The molecule has 1 atom stereocenters. The number of rotatable bonds is 4. The Kier molecular flexibility index (Phi) is 4.52. The molecule has 6 nitrogen and oxygen atoms in total. The van der Waals surface area contributed by atoms with Gasteiger partial charge in [0.05, 0.1) is 35.9 Å². The van der Waals surface area contributed by atoms with Crippen LogP contribution < -0.4 is 10.2 Å². The standard InChI is InChI=1S/C20H21ClN4O2/c1-3-19(26)24-10-15(11-24)23-14-7-16(9-22-8-14)25-12(2)18-6-13(21)4-5-17(18)20(25)27/h4-9,12,15,23H,3,10-11H2,1-2H3/t12-/m1/s1. The van der Waals surface area contributed by atoms with Crippen molar-refractivity contribution >= 4 is 34.8 Å². The summed E-state index contributed by atoms with van der Waals surface area (Å²) < 4.78 is 0. The Labute approximate surface area is 163 Å². The molecule has 0 unspecified atom stereocenters. The van der Waals surface area contributed by atoms with Crippen LogP contribution in [0.5, 0.6) is 0 Å². The molecule has 0 bridgehead atoms. The lowest BCUT2D eigenvalue weighted by atomic mass is 10.1. The number of carbonyl (C=O) groups excluding carboxylic acids is 2. The number of aromatic nitrogens is 1. The highest BCUT2D eigenvalue weighted by Gasteiger charge is 2.35. The molecule has 2 aliphatic rings. The summed E-state index contributed by atoms with van der Waals surface area (Å²) in [5.41, 5.74) is 3.19. The van der Waals surface area contributed by atoms with Crippen molar-refractivity contribution in [1.82, 2.24) is 9.88 Å². The number of pyridine rings is 1. The monoisotopic (exact) mass is 384 g/mol. The fourth-order valence-electron chi connectivity index (χ4n) is 3.73. The molecule has 2 amide bonds. The van der Waals surface area contributed by atoms with Gasteiger partial charge >= 0.3 is 0 Å². The van der Waals surface area contributed by atoms with Gasteiger partial charge in [-0.2, -0.15) is 0 Å². The fourth-order valence-corrected chi connectivity index (χ4v) is 3.91. The van der Waals surface area contributed by atoms with Crippen molar-refractivity contribution in [2.45, 2.75) is 32.4 Å². The predicted molar refractivity (Wildman–Crippen MR) is 105 cm³/mol. The normalized spacial score (nSPS) is 19.1. The Morgan fingerprint density at radius 2 is 2.07 bits per heavy atom. The Morgan fingerprint density at radius 1 is 1.30 bits per heavy atom. The van der Waals surface area contributed by atoms with Crippen LogP contribution in [-0.4, -0.2) is 40.8 Å². The number of nitrogens with zero attached hydrogens (tertiary/aromatic N) is 3. The second-order valence-corrected chi connectivity index (χ2v) is 7.44. The smallest absolute Gasteiger partial charge is 0.259 e. The highest BCUT2D eigenvalue weighted by atomic mass is 35.5. The first-order valence-electron chi connectivity index (χ1n) is 9.10. The van der Waals surface area contributed by atoms with Gasteiger partial charge in [-0.05, 0) is 36.8 Å². The van der Waals surface area contributed by atoms with Crippen LogP contribution in [0.25, 0.3) is 0 Å². The zero-order valence-corrected chi connectivity index (χ0v) is 16.0. The molecule has 4 rings (SSSR count). The minimum Gasteiger partial charge on any atom is -0.377 e. The summed E-state index contributed by atoms with van der Waals surface area (Å²) in [6.45, 7) is 5.25. The van der Waals surface area contributed by atoms with Gasteiger partial charge in [0.2, 0.25) is 5.91 Å². The molecule has 1 aromatic heterocycles. The number of nitrogens with one attached hydrogen (secondary N) is 1. The molecule has 1 fully saturated rings. The van der Waals surface area contributed by atoms with Crippen LogP contribution in [0.15, 0.2) is 36.7 Å². The van der Waals surface area contributed by atoms with Crippen molar-refractivity contribution in [1.29, 1.82) is 0 Å². The topological polar surface area (TPSA) is 65.5 Å². The first kappa shape index (κ1) is 17.8. The van der Waals surface area contributed by atoms with Crippen LogP contribution in [0.3, 0.4) is 0 Å². The maximum Gasteiger partial charge on any atom is 0.259 e. The zero-order valence-electron chi connectivity index (χ0n) is 15.3. The number of benzene rings is 1. The van der Waals surface area contributed by atoms with Gasteiger partial charge in [0, 0.05) is 30.1 Å². The van der Waals surface area contributed by atoms with Crippen LogP contribution in [0.2, 0.25) is 5.02 Å². The van der Waals surface area contributed by atoms with Gasteiger partial charge in [0.1, 0.15) is 0 Å². The Balaban J connectivity index is 1.50. The second-order valence-electron chi connectivity index (χ2n) is 7.01. The molecular formula is C20H21ClN4O2. The molecule has 2 aliphatic heterocycles. The molecule has 140 valence electrons. The molecule has 7 heteroatoms. The highest BCUT2D eigenvalue weighted by molar-refractivity contribution is 6.31. The molecule has 1 saturated heterocycles. The van der Waals surface area contributed by atoms with Gasteiger partial charge in [-0.1, -0.05) is 18.5 Å². The third-order valence-electron chi connectivity index (χ3n) is 5.21. The van der Waals surface area contributed by atoms with E-state index in [1.165, 1.54) is 0 Å². The van der Waals surface area contributed by atoms with Crippen molar-refractivity contribution in [3.05, 3.63) is 52.8 Å². The van der Waals surface area contributed by atoms with Crippen molar-refractivity contribution in [2.75, 3.05) is 23.3 Å². The first-order valence-corrected chi connectivity index (χ1v) is 9.48. The molecule has 0 spiro atoms. The Bertz CT molecular complexity index is 911. The van der Waals surface area contributed by atoms with Crippen LogP contribution >= 0.6 is 11.6 Å². The van der Waals surface area contributed by atoms with Crippen LogP contribution in [0, 0.1) is 0 Å². The maximum atomic E-state index is 12.9. The molecule has 27 heavy (non-hydrogen) atoms. The molecule has 0 radical (unpaired) electrons. The molecule has 2 aromatic rings. The molecule has 0 saturated carbocycles. The van der Waals surface area contributed by atoms with E-state index in [9.17, 15) is 9.59 Å². The van der Waals surface area contributed by atoms with E-state index >= 15 is 0 Å². The van der Waals surface area contributed by atoms with Crippen molar-refractivity contribution in [2.24, 2.45) is 0 Å². The van der Waals surface area contributed by atoms with Crippen LogP contribution in [-0.2, 0) is 4.79 Å². The molecule has 1 N–H and O–H groups in total. The van der Waals surface area contributed by atoms with Crippen LogP contribution in [0.4, 0.5) is 11.4 Å². The third kappa shape index (κ3) is 3.14. The quantitative estimate of drug-likeness (QED) is 0.876. The van der Waals surface area contributed by atoms with Crippen LogP contribution in [0.1, 0.15) is 42.2 Å². The minimum atomic E-state index is -0.107. The van der Waals surface area contributed by atoms with E-state index in [-0.39, 0.29) is 23.9 Å². The lowest BCUT2D eigenvalue weighted by Crippen LogP contribution is -2.56. The van der Waals surface area contributed by atoms with E-state index in [1.54, 1.807) is 29.4 Å². The SMILES string of the molecule is CCC(=O)N1CC(Nc2cncc(N3C(=O)c4ccc(Cl)cc4[C@H]3C)c2)C1. The molecule has 1 aromatic carbocycles. The number of likely N-dealkylation sites (tertiary alicyclic amines) is 1. The van der Waals surface area contributed by atoms with Crippen molar-refractivity contribution in [3.8, 4) is 0 Å². The second kappa shape index (κ2) is 6.85. The largest absolute Gasteiger partial charge is 0.377 e. The van der Waals surface area contributed by atoms with E-state index in [0.717, 1.165) is 16.9 Å². The summed E-state index contributed by atoms with van der Waals surface area (Å²) in [5.74, 6) is 0.129. The number of hydrogen-bond donors (Lipinski definition) is 1.